The number of allylic oxidation sites excluding steroid dienone is 2. The Bertz CT molecular complexity index is 238. The molecule has 3 nitrogen and oxygen atoms in total. The van der Waals surface area contributed by atoms with Crippen molar-refractivity contribution < 1.29 is 4.74 Å². The number of rotatable bonds is 18. The molecule has 0 aliphatic rings. The fraction of sp³-hybridized carbons (Fsp3) is 0.800. The van der Waals surface area contributed by atoms with Gasteiger partial charge in [-0.1, -0.05) is 51.4 Å². The summed E-state index contributed by atoms with van der Waals surface area (Å²) in [4.78, 5) is 0. The number of hydrogen-bond acceptors (Lipinski definition) is 3. The Balaban J connectivity index is 3.14. The molecule has 23 heavy (non-hydrogen) atoms. The van der Waals surface area contributed by atoms with Gasteiger partial charge in [-0.15, -0.1) is 0 Å². The molecule has 0 heterocycles. The minimum Gasteiger partial charge on any atom is -0.473 e. The van der Waals surface area contributed by atoms with Gasteiger partial charge < -0.3 is 16.2 Å². The molecule has 0 atom stereocenters. The van der Waals surface area contributed by atoms with E-state index in [2.05, 4.69) is 12.2 Å². The van der Waals surface area contributed by atoms with E-state index >= 15 is 0 Å². The minimum absolute atomic E-state index is 0.836. The third-order valence-electron chi connectivity index (χ3n) is 4.00. The van der Waals surface area contributed by atoms with E-state index in [1.807, 2.05) is 12.5 Å². The van der Waals surface area contributed by atoms with Gasteiger partial charge in [0.25, 0.3) is 0 Å². The summed E-state index contributed by atoms with van der Waals surface area (Å²) in [6, 6.07) is 0. The fourth-order valence-electron chi connectivity index (χ4n) is 2.52. The third kappa shape index (κ3) is 21.2. The topological polar surface area (TPSA) is 61.3 Å². The number of hydrogen-bond donors (Lipinski definition) is 2. The monoisotopic (exact) mass is 324 g/mol. The van der Waals surface area contributed by atoms with Crippen LogP contribution in [0, 0.1) is 0 Å². The normalized spacial score (nSPS) is 11.7. The maximum Gasteiger partial charge on any atom is 0.0861 e. The lowest BCUT2D eigenvalue weighted by molar-refractivity contribution is 0.397. The van der Waals surface area contributed by atoms with Gasteiger partial charge in [-0.25, -0.2) is 0 Å². The molecule has 0 fully saturated rings. The summed E-state index contributed by atoms with van der Waals surface area (Å²) in [5.41, 5.74) is 10.9. The summed E-state index contributed by atoms with van der Waals surface area (Å²) in [7, 11) is 0. The number of unbranched alkanes of at least 4 members (excludes halogenated alkanes) is 12. The Labute approximate surface area is 144 Å². The van der Waals surface area contributed by atoms with E-state index < -0.39 is 0 Å². The van der Waals surface area contributed by atoms with E-state index in [0.29, 0.717) is 0 Å². The molecule has 0 aromatic rings. The van der Waals surface area contributed by atoms with Gasteiger partial charge in [0.05, 0.1) is 12.5 Å². The van der Waals surface area contributed by atoms with E-state index in [4.69, 9.17) is 16.2 Å². The second kappa shape index (κ2) is 21.2. The van der Waals surface area contributed by atoms with Gasteiger partial charge in [-0.05, 0) is 63.8 Å². The van der Waals surface area contributed by atoms with Gasteiger partial charge in [0.15, 0.2) is 0 Å². The maximum absolute atomic E-state index is 5.47. The second-order valence-corrected chi connectivity index (χ2v) is 6.28. The van der Waals surface area contributed by atoms with Crippen LogP contribution in [0.25, 0.3) is 0 Å². The molecule has 0 aliphatic heterocycles. The summed E-state index contributed by atoms with van der Waals surface area (Å²) in [5.74, 6) is 0. The van der Waals surface area contributed by atoms with Crippen LogP contribution in [-0.4, -0.2) is 13.1 Å². The average molecular weight is 325 g/mol. The van der Waals surface area contributed by atoms with E-state index in [0.717, 1.165) is 25.9 Å². The smallest absolute Gasteiger partial charge is 0.0861 e. The standard InChI is InChI=1S/C20H40N2O/c21-17-13-9-5-1-3-7-11-15-19-23-20-16-12-8-4-2-6-10-14-18-22/h15-16,19-20H,1-14,17-18,21-22H2. The highest BCUT2D eigenvalue weighted by Crippen LogP contribution is 2.08. The van der Waals surface area contributed by atoms with Crippen LogP contribution in [0.3, 0.4) is 0 Å². The molecular formula is C20H40N2O. The fourth-order valence-corrected chi connectivity index (χ4v) is 2.52. The predicted molar refractivity (Wildman–Crippen MR) is 102 cm³/mol. The zero-order chi connectivity index (χ0) is 16.8. The van der Waals surface area contributed by atoms with Gasteiger partial charge in [0, 0.05) is 0 Å². The van der Waals surface area contributed by atoms with Crippen LogP contribution in [0.15, 0.2) is 24.7 Å². The van der Waals surface area contributed by atoms with Crippen molar-refractivity contribution in [1.29, 1.82) is 0 Å². The molecule has 0 amide bonds. The van der Waals surface area contributed by atoms with Gasteiger partial charge in [-0.2, -0.15) is 0 Å². The van der Waals surface area contributed by atoms with Gasteiger partial charge in [-0.3, -0.25) is 0 Å². The van der Waals surface area contributed by atoms with E-state index in [-0.39, 0.29) is 0 Å². The quantitative estimate of drug-likeness (QED) is 0.262. The molecule has 0 saturated heterocycles. The van der Waals surface area contributed by atoms with Crippen molar-refractivity contribution in [2.45, 2.75) is 89.9 Å². The van der Waals surface area contributed by atoms with E-state index in [9.17, 15) is 0 Å². The Morgan fingerprint density at radius 2 is 0.826 bits per heavy atom. The molecule has 0 rings (SSSR count). The predicted octanol–water partition coefficient (Wildman–Crippen LogP) is 5.41. The van der Waals surface area contributed by atoms with Crippen molar-refractivity contribution in [2.75, 3.05) is 13.1 Å². The summed E-state index contributed by atoms with van der Waals surface area (Å²) in [5, 5.41) is 0. The van der Waals surface area contributed by atoms with Crippen molar-refractivity contribution in [3.05, 3.63) is 24.7 Å². The van der Waals surface area contributed by atoms with Crippen LogP contribution >= 0.6 is 0 Å². The summed E-state index contributed by atoms with van der Waals surface area (Å²) in [6.07, 6.45) is 25.5. The minimum atomic E-state index is 0.836. The highest BCUT2D eigenvalue weighted by Gasteiger charge is 1.90. The SMILES string of the molecule is NCCCCCCCCC=COC=CCCCCCCCCN. The Hall–Kier alpha value is -0.800. The largest absolute Gasteiger partial charge is 0.473 e. The Morgan fingerprint density at radius 3 is 1.22 bits per heavy atom. The first-order valence-corrected chi connectivity index (χ1v) is 9.77. The maximum atomic E-state index is 5.47. The lowest BCUT2D eigenvalue weighted by atomic mass is 10.1. The van der Waals surface area contributed by atoms with Crippen molar-refractivity contribution >= 4 is 0 Å². The molecule has 0 aliphatic carbocycles. The van der Waals surface area contributed by atoms with Gasteiger partial charge in [0.1, 0.15) is 0 Å². The molecule has 0 radical (unpaired) electrons. The molecule has 136 valence electrons. The number of ether oxygens (including phenoxy) is 1. The van der Waals surface area contributed by atoms with Crippen molar-refractivity contribution in [1.82, 2.24) is 0 Å². The highest BCUT2D eigenvalue weighted by atomic mass is 16.5. The van der Waals surface area contributed by atoms with Gasteiger partial charge >= 0.3 is 0 Å². The third-order valence-corrected chi connectivity index (χ3v) is 4.00. The van der Waals surface area contributed by atoms with E-state index in [1.54, 1.807) is 0 Å². The lowest BCUT2D eigenvalue weighted by Crippen LogP contribution is -1.97. The molecule has 0 saturated carbocycles. The van der Waals surface area contributed by atoms with Crippen LogP contribution in [0.4, 0.5) is 0 Å². The molecule has 0 aromatic carbocycles. The number of nitrogens with two attached hydrogens (primary N) is 2. The summed E-state index contributed by atoms with van der Waals surface area (Å²) < 4.78 is 5.36. The Kier molecular flexibility index (Phi) is 20.5. The molecular weight excluding hydrogens is 284 g/mol. The summed E-state index contributed by atoms with van der Waals surface area (Å²) >= 11 is 0. The van der Waals surface area contributed by atoms with Crippen LogP contribution < -0.4 is 11.5 Å². The zero-order valence-electron chi connectivity index (χ0n) is 15.2. The molecule has 0 aromatic heterocycles. The van der Waals surface area contributed by atoms with Crippen molar-refractivity contribution in [3.63, 3.8) is 0 Å². The first-order chi connectivity index (χ1) is 11.4. The molecule has 4 N–H and O–H groups in total. The molecule has 0 bridgehead atoms. The van der Waals surface area contributed by atoms with Gasteiger partial charge in [0.2, 0.25) is 0 Å². The first kappa shape index (κ1) is 22.2. The van der Waals surface area contributed by atoms with E-state index in [1.165, 1.54) is 77.0 Å². The van der Waals surface area contributed by atoms with Crippen LogP contribution in [0.2, 0.25) is 0 Å². The molecule has 3 heteroatoms. The van der Waals surface area contributed by atoms with Crippen LogP contribution in [-0.2, 0) is 4.74 Å². The zero-order valence-corrected chi connectivity index (χ0v) is 15.2. The lowest BCUT2D eigenvalue weighted by Gasteiger charge is -1.99. The first-order valence-electron chi connectivity index (χ1n) is 9.77. The molecule has 0 unspecified atom stereocenters. The van der Waals surface area contributed by atoms with Crippen molar-refractivity contribution in [2.24, 2.45) is 11.5 Å². The van der Waals surface area contributed by atoms with Crippen molar-refractivity contribution in [3.8, 4) is 0 Å². The average Bonchev–Trinajstić information content (AvgIpc) is 2.57. The second-order valence-electron chi connectivity index (χ2n) is 6.28. The highest BCUT2D eigenvalue weighted by molar-refractivity contribution is 4.79. The summed E-state index contributed by atoms with van der Waals surface area (Å²) in [6.45, 7) is 1.67. The molecule has 0 spiro atoms. The van der Waals surface area contributed by atoms with Crippen LogP contribution in [0.5, 0.6) is 0 Å². The Morgan fingerprint density at radius 1 is 0.478 bits per heavy atom. The van der Waals surface area contributed by atoms with Crippen LogP contribution in [0.1, 0.15) is 89.9 Å².